The summed E-state index contributed by atoms with van der Waals surface area (Å²) in [7, 11) is 0. The molecule has 0 amide bonds. The zero-order valence-electron chi connectivity index (χ0n) is 8.11. The van der Waals surface area contributed by atoms with E-state index < -0.39 is 23.8 Å². The molecule has 0 saturated carbocycles. The smallest absolute Gasteiger partial charge is 0.321 e. The van der Waals surface area contributed by atoms with E-state index in [1.165, 1.54) is 6.92 Å². The molecular formula is C7H13F2N3O2S. The van der Waals surface area contributed by atoms with Gasteiger partial charge in [-0.2, -0.15) is 8.78 Å². The molecule has 0 spiro atoms. The zero-order valence-corrected chi connectivity index (χ0v) is 8.93. The molecule has 0 radical (unpaired) electrons. The number of nitrogens with zero attached hydrogens (tertiary/aromatic N) is 1. The summed E-state index contributed by atoms with van der Waals surface area (Å²) in [5, 5.41) is 5.22. The molecule has 88 valence electrons. The zero-order chi connectivity index (χ0) is 12.1. The van der Waals surface area contributed by atoms with Crippen LogP contribution in [0.15, 0.2) is 4.99 Å². The molecule has 15 heavy (non-hydrogen) atoms. The van der Waals surface area contributed by atoms with Gasteiger partial charge >= 0.3 is 11.2 Å². The maximum absolute atomic E-state index is 13.0. The molecule has 0 saturated heterocycles. The minimum Gasteiger partial charge on any atom is -0.480 e. The van der Waals surface area contributed by atoms with E-state index in [2.05, 4.69) is 4.99 Å². The van der Waals surface area contributed by atoms with Gasteiger partial charge in [0.15, 0.2) is 0 Å². The Labute approximate surface area is 89.9 Å². The van der Waals surface area contributed by atoms with Crippen molar-refractivity contribution in [3.63, 3.8) is 0 Å². The Hall–Kier alpha value is -0.890. The van der Waals surface area contributed by atoms with Crippen LogP contribution in [0.2, 0.25) is 0 Å². The third kappa shape index (κ3) is 7.09. The summed E-state index contributed by atoms with van der Waals surface area (Å²) in [5.41, 5.74) is 10.2. The summed E-state index contributed by atoms with van der Waals surface area (Å²) >= 11 is 0.155. The van der Waals surface area contributed by atoms with Crippen LogP contribution >= 0.6 is 11.8 Å². The first-order valence-electron chi connectivity index (χ1n) is 4.01. The number of carboxylic acid groups (broad SMARTS) is 1. The summed E-state index contributed by atoms with van der Waals surface area (Å²) in [4.78, 5) is 13.6. The SMILES string of the molecule is CC(N)=NCC(F)(F)SC[C@H](N)C(=O)O. The second-order valence-electron chi connectivity index (χ2n) is 2.85. The van der Waals surface area contributed by atoms with Gasteiger partial charge in [0.05, 0.1) is 5.84 Å². The second kappa shape index (κ2) is 5.86. The lowest BCUT2D eigenvalue weighted by Crippen LogP contribution is -2.34. The molecule has 8 heteroatoms. The van der Waals surface area contributed by atoms with Crippen molar-refractivity contribution in [3.05, 3.63) is 0 Å². The van der Waals surface area contributed by atoms with Gasteiger partial charge in [0, 0.05) is 5.75 Å². The first-order chi connectivity index (χ1) is 6.74. The lowest BCUT2D eigenvalue weighted by Gasteiger charge is -2.14. The normalized spacial score (nSPS) is 15.1. The molecule has 0 bridgehead atoms. The third-order valence-corrected chi connectivity index (χ3v) is 2.38. The quantitative estimate of drug-likeness (QED) is 0.452. The van der Waals surface area contributed by atoms with E-state index in [4.69, 9.17) is 16.6 Å². The molecule has 0 aliphatic carbocycles. The van der Waals surface area contributed by atoms with Gasteiger partial charge in [-0.25, -0.2) is 0 Å². The van der Waals surface area contributed by atoms with Gasteiger partial charge in [0.1, 0.15) is 12.6 Å². The number of alkyl halides is 2. The van der Waals surface area contributed by atoms with Gasteiger partial charge in [-0.15, -0.1) is 0 Å². The number of aliphatic imine (C=N–C) groups is 1. The van der Waals surface area contributed by atoms with Gasteiger partial charge in [-0.3, -0.25) is 9.79 Å². The molecule has 5 nitrogen and oxygen atoms in total. The Balaban J connectivity index is 4.04. The number of hydrogen-bond acceptors (Lipinski definition) is 4. The van der Waals surface area contributed by atoms with E-state index in [0.717, 1.165) is 0 Å². The number of halogens is 2. The summed E-state index contributed by atoms with van der Waals surface area (Å²) < 4.78 is 25.9. The van der Waals surface area contributed by atoms with Crippen LogP contribution in [0.1, 0.15) is 6.92 Å². The molecule has 0 rings (SSSR count). The van der Waals surface area contributed by atoms with Crippen LogP contribution in [-0.4, -0.2) is 40.5 Å². The number of rotatable bonds is 6. The van der Waals surface area contributed by atoms with Crippen LogP contribution in [0.5, 0.6) is 0 Å². The largest absolute Gasteiger partial charge is 0.480 e. The van der Waals surface area contributed by atoms with E-state index in [1.807, 2.05) is 0 Å². The maximum atomic E-state index is 13.0. The topological polar surface area (TPSA) is 102 Å². The van der Waals surface area contributed by atoms with Gasteiger partial charge in [0.25, 0.3) is 0 Å². The predicted octanol–water partition coefficient (Wildman–Crippen LogP) is 0.101. The highest BCUT2D eigenvalue weighted by atomic mass is 32.2. The molecule has 0 aliphatic rings. The van der Waals surface area contributed by atoms with Gasteiger partial charge in [0.2, 0.25) is 0 Å². The van der Waals surface area contributed by atoms with Crippen molar-refractivity contribution in [2.45, 2.75) is 18.2 Å². The first-order valence-corrected chi connectivity index (χ1v) is 5.00. The molecular weight excluding hydrogens is 228 g/mol. The maximum Gasteiger partial charge on any atom is 0.321 e. The monoisotopic (exact) mass is 241 g/mol. The summed E-state index contributed by atoms with van der Waals surface area (Å²) in [6.45, 7) is 0.621. The average Bonchev–Trinajstić information content (AvgIpc) is 2.11. The number of thioether (sulfide) groups is 1. The molecule has 0 heterocycles. The molecule has 0 unspecified atom stereocenters. The third-order valence-electron chi connectivity index (χ3n) is 1.30. The lowest BCUT2D eigenvalue weighted by atomic mass is 10.4. The standard InChI is InChI=1S/C7H13F2N3O2S/c1-4(10)12-3-7(8,9)15-2-5(11)6(13)14/h5H,2-3,11H2,1H3,(H2,10,12)(H,13,14)/t5-/m0/s1. The molecule has 0 aliphatic heterocycles. The summed E-state index contributed by atoms with van der Waals surface area (Å²) in [5.74, 6) is -1.63. The van der Waals surface area contributed by atoms with Crippen molar-refractivity contribution in [1.29, 1.82) is 0 Å². The van der Waals surface area contributed by atoms with E-state index >= 15 is 0 Å². The summed E-state index contributed by atoms with van der Waals surface area (Å²) in [6.07, 6.45) is 0. The molecule has 0 aromatic heterocycles. The van der Waals surface area contributed by atoms with Crippen LogP contribution in [-0.2, 0) is 4.79 Å². The van der Waals surface area contributed by atoms with Crippen LogP contribution in [0.25, 0.3) is 0 Å². The Bertz CT molecular complexity index is 257. The van der Waals surface area contributed by atoms with Gasteiger partial charge < -0.3 is 16.6 Å². The Morgan fingerprint density at radius 1 is 1.67 bits per heavy atom. The van der Waals surface area contributed by atoms with Crippen molar-refractivity contribution in [1.82, 2.24) is 0 Å². The second-order valence-corrected chi connectivity index (χ2v) is 4.07. The van der Waals surface area contributed by atoms with Crippen LogP contribution in [0.4, 0.5) is 8.78 Å². The number of aliphatic carboxylic acids is 1. The number of carbonyl (C=O) groups is 1. The van der Waals surface area contributed by atoms with Crippen molar-refractivity contribution >= 4 is 23.6 Å². The number of amidine groups is 1. The molecule has 0 aromatic rings. The average molecular weight is 241 g/mol. The Kier molecular flexibility index (Phi) is 5.51. The van der Waals surface area contributed by atoms with Crippen molar-refractivity contribution < 1.29 is 18.7 Å². The Morgan fingerprint density at radius 2 is 2.20 bits per heavy atom. The van der Waals surface area contributed by atoms with E-state index in [1.54, 1.807) is 0 Å². The summed E-state index contributed by atoms with van der Waals surface area (Å²) in [6, 6.07) is -1.30. The van der Waals surface area contributed by atoms with Crippen LogP contribution < -0.4 is 11.5 Å². The molecule has 5 N–H and O–H groups in total. The molecule has 0 aromatic carbocycles. The van der Waals surface area contributed by atoms with E-state index in [9.17, 15) is 13.6 Å². The highest BCUT2D eigenvalue weighted by Crippen LogP contribution is 2.29. The number of carboxylic acids is 1. The molecule has 1 atom stereocenters. The fourth-order valence-corrected chi connectivity index (χ4v) is 1.27. The minimum atomic E-state index is -3.15. The van der Waals surface area contributed by atoms with Gasteiger partial charge in [-0.05, 0) is 6.92 Å². The van der Waals surface area contributed by atoms with Crippen molar-refractivity contribution in [2.24, 2.45) is 16.5 Å². The van der Waals surface area contributed by atoms with Gasteiger partial charge in [-0.1, -0.05) is 11.8 Å². The minimum absolute atomic E-state index is 0.0535. The van der Waals surface area contributed by atoms with Crippen LogP contribution in [0, 0.1) is 0 Å². The highest BCUT2D eigenvalue weighted by molar-refractivity contribution is 8.00. The van der Waals surface area contributed by atoms with Crippen molar-refractivity contribution in [2.75, 3.05) is 12.3 Å². The van der Waals surface area contributed by atoms with Crippen LogP contribution in [0.3, 0.4) is 0 Å². The highest BCUT2D eigenvalue weighted by Gasteiger charge is 2.31. The molecule has 0 fully saturated rings. The number of hydrogen-bond donors (Lipinski definition) is 3. The van der Waals surface area contributed by atoms with Crippen molar-refractivity contribution in [3.8, 4) is 0 Å². The Morgan fingerprint density at radius 3 is 2.60 bits per heavy atom. The fraction of sp³-hybridized carbons (Fsp3) is 0.714. The van der Waals surface area contributed by atoms with E-state index in [0.29, 0.717) is 0 Å². The van der Waals surface area contributed by atoms with E-state index in [-0.39, 0.29) is 23.4 Å². The number of nitrogens with two attached hydrogens (primary N) is 2. The fourth-order valence-electron chi connectivity index (χ4n) is 0.545. The predicted molar refractivity (Wildman–Crippen MR) is 55.2 cm³/mol. The first kappa shape index (κ1) is 14.1. The lowest BCUT2D eigenvalue weighted by molar-refractivity contribution is -0.137.